The van der Waals surface area contributed by atoms with Gasteiger partial charge in [0.25, 0.3) is 0 Å². The second kappa shape index (κ2) is 8.22. The molecule has 0 radical (unpaired) electrons. The average Bonchev–Trinajstić information content (AvgIpc) is 2.66. The molecular weight excluding hydrogens is 460 g/mol. The van der Waals surface area contributed by atoms with Gasteiger partial charge in [-0.1, -0.05) is 0 Å². The van der Waals surface area contributed by atoms with Gasteiger partial charge in [-0.2, -0.15) is 5.10 Å². The largest absolute Gasteiger partial charge is 0.573 e. The highest BCUT2D eigenvalue weighted by Crippen LogP contribution is 2.27. The van der Waals surface area contributed by atoms with E-state index in [9.17, 15) is 35.6 Å². The van der Waals surface area contributed by atoms with E-state index >= 15 is 0 Å². The van der Waals surface area contributed by atoms with Crippen LogP contribution in [0.5, 0.6) is 5.75 Å². The molecule has 0 N–H and O–H groups in total. The van der Waals surface area contributed by atoms with Crippen molar-refractivity contribution in [3.63, 3.8) is 0 Å². The van der Waals surface area contributed by atoms with Gasteiger partial charge < -0.3 is 9.47 Å². The molecule has 3 aromatic rings. The molecule has 0 spiro atoms. The predicted octanol–water partition coefficient (Wildman–Crippen LogP) is 3.00. The minimum Gasteiger partial charge on any atom is -0.461 e. The van der Waals surface area contributed by atoms with Gasteiger partial charge in [-0.25, -0.2) is 22.3 Å². The van der Waals surface area contributed by atoms with Crippen LogP contribution < -0.4 is 10.2 Å². The lowest BCUT2D eigenvalue weighted by molar-refractivity contribution is -0.274. The summed E-state index contributed by atoms with van der Waals surface area (Å²) in [6, 6.07) is 5.48. The molecule has 0 bridgehead atoms. The molecule has 0 amide bonds. The standard InChI is InChI=1S/C19H14F4N2O6S/c1-3-30-18(27)16-17(26)15-13(8-10(20)9-14(15)32(2,28)29)25(24-16)11-4-6-12(7-5-11)31-19(21,22)23/h4-9H,3H2,1-2H3. The van der Waals surface area contributed by atoms with Crippen LogP contribution in [0.2, 0.25) is 0 Å². The highest BCUT2D eigenvalue weighted by molar-refractivity contribution is 7.91. The van der Waals surface area contributed by atoms with E-state index in [1.54, 1.807) is 0 Å². The summed E-state index contributed by atoms with van der Waals surface area (Å²) in [6.45, 7) is 1.35. The van der Waals surface area contributed by atoms with Gasteiger partial charge in [0, 0.05) is 12.3 Å². The number of ether oxygens (including phenoxy) is 2. The van der Waals surface area contributed by atoms with Gasteiger partial charge in [-0.15, -0.1) is 13.2 Å². The molecule has 0 unspecified atom stereocenters. The third-order valence-corrected chi connectivity index (χ3v) is 5.22. The Balaban J connectivity index is 2.37. The second-order valence-corrected chi connectivity index (χ2v) is 8.41. The summed E-state index contributed by atoms with van der Waals surface area (Å²) in [4.78, 5) is 24.5. The quantitative estimate of drug-likeness (QED) is 0.414. The lowest BCUT2D eigenvalue weighted by atomic mass is 10.1. The van der Waals surface area contributed by atoms with Crippen LogP contribution in [0.4, 0.5) is 17.6 Å². The topological polar surface area (TPSA) is 105 Å². The van der Waals surface area contributed by atoms with E-state index in [0.717, 1.165) is 41.3 Å². The van der Waals surface area contributed by atoms with Crippen molar-refractivity contribution in [3.8, 4) is 11.4 Å². The molecule has 3 rings (SSSR count). The van der Waals surface area contributed by atoms with Crippen LogP contribution in [-0.2, 0) is 14.6 Å². The molecule has 8 nitrogen and oxygen atoms in total. The van der Waals surface area contributed by atoms with Gasteiger partial charge in [0.15, 0.2) is 9.84 Å². The van der Waals surface area contributed by atoms with Crippen LogP contribution in [0.25, 0.3) is 16.6 Å². The third-order valence-electron chi connectivity index (χ3n) is 4.10. The molecule has 1 aromatic heterocycles. The molecule has 2 aromatic carbocycles. The number of rotatable bonds is 5. The zero-order valence-electron chi connectivity index (χ0n) is 16.4. The van der Waals surface area contributed by atoms with Gasteiger partial charge in [-0.05, 0) is 37.3 Å². The van der Waals surface area contributed by atoms with Crippen molar-refractivity contribution in [1.29, 1.82) is 0 Å². The maximum Gasteiger partial charge on any atom is 0.573 e. The van der Waals surface area contributed by atoms with E-state index in [0.29, 0.717) is 6.07 Å². The van der Waals surface area contributed by atoms with Crippen LogP contribution in [0.15, 0.2) is 46.1 Å². The molecule has 32 heavy (non-hydrogen) atoms. The van der Waals surface area contributed by atoms with Gasteiger partial charge in [0.2, 0.25) is 11.1 Å². The van der Waals surface area contributed by atoms with E-state index in [4.69, 9.17) is 4.74 Å². The van der Waals surface area contributed by atoms with E-state index in [-0.39, 0.29) is 17.8 Å². The van der Waals surface area contributed by atoms with Crippen molar-refractivity contribution >= 4 is 26.7 Å². The van der Waals surface area contributed by atoms with Crippen LogP contribution in [-0.4, -0.2) is 43.4 Å². The first-order chi connectivity index (χ1) is 14.8. The van der Waals surface area contributed by atoms with E-state index in [2.05, 4.69) is 9.84 Å². The maximum atomic E-state index is 14.2. The molecular formula is C19H14F4N2O6S. The summed E-state index contributed by atoms with van der Waals surface area (Å²) in [7, 11) is -4.13. The van der Waals surface area contributed by atoms with Gasteiger partial charge >= 0.3 is 12.3 Å². The fourth-order valence-electron chi connectivity index (χ4n) is 2.89. The fraction of sp³-hybridized carbons (Fsp3) is 0.211. The normalized spacial score (nSPS) is 12.1. The van der Waals surface area contributed by atoms with Crippen molar-refractivity contribution in [2.45, 2.75) is 18.2 Å². The Kier molecular flexibility index (Phi) is 5.96. The number of benzene rings is 2. The minimum atomic E-state index is -4.94. The molecule has 0 aliphatic carbocycles. The number of fused-ring (bicyclic) bond motifs is 1. The number of halogens is 4. The number of carbonyl (C=O) groups excluding carboxylic acids is 1. The zero-order chi connectivity index (χ0) is 23.8. The van der Waals surface area contributed by atoms with E-state index < -0.39 is 55.1 Å². The Labute approximate surface area is 177 Å². The molecule has 0 aliphatic rings. The molecule has 13 heteroatoms. The molecule has 1 heterocycles. The number of hydrogen-bond acceptors (Lipinski definition) is 7. The smallest absolute Gasteiger partial charge is 0.461 e. The first kappa shape index (κ1) is 23.2. The van der Waals surface area contributed by atoms with Crippen LogP contribution in [0.1, 0.15) is 17.4 Å². The summed E-state index contributed by atoms with van der Waals surface area (Å²) in [5.74, 6) is -2.75. The molecule has 0 aliphatic heterocycles. The van der Waals surface area contributed by atoms with E-state index in [1.807, 2.05) is 0 Å². The zero-order valence-corrected chi connectivity index (χ0v) is 17.3. The summed E-state index contributed by atoms with van der Waals surface area (Å²) < 4.78 is 85.3. The van der Waals surface area contributed by atoms with Crippen LogP contribution in [0.3, 0.4) is 0 Å². The average molecular weight is 474 g/mol. The highest BCUT2D eigenvalue weighted by atomic mass is 32.2. The SMILES string of the molecule is CCOC(=O)c1nn(-c2ccc(OC(F)(F)F)cc2)c2cc(F)cc(S(C)(=O)=O)c2c1=O. The Hall–Kier alpha value is -3.48. The summed E-state index contributed by atoms with van der Waals surface area (Å²) >= 11 is 0. The number of sulfone groups is 1. The van der Waals surface area contributed by atoms with Crippen molar-refractivity contribution in [2.75, 3.05) is 12.9 Å². The Bertz CT molecular complexity index is 1370. The third kappa shape index (κ3) is 4.72. The minimum absolute atomic E-state index is 0.0138. The fourth-order valence-corrected chi connectivity index (χ4v) is 3.79. The van der Waals surface area contributed by atoms with Gasteiger partial charge in [0.05, 0.1) is 28.1 Å². The molecule has 0 saturated heterocycles. The second-order valence-electron chi connectivity index (χ2n) is 6.42. The highest BCUT2D eigenvalue weighted by Gasteiger charge is 2.31. The lowest BCUT2D eigenvalue weighted by Crippen LogP contribution is -2.25. The number of aromatic nitrogens is 2. The van der Waals surface area contributed by atoms with Crippen LogP contribution >= 0.6 is 0 Å². The number of nitrogens with zero attached hydrogens (tertiary/aromatic N) is 2. The lowest BCUT2D eigenvalue weighted by Gasteiger charge is -2.15. The summed E-state index contributed by atoms with van der Waals surface area (Å²) in [5.41, 5.74) is -2.23. The van der Waals surface area contributed by atoms with Crippen molar-refractivity contribution in [2.24, 2.45) is 0 Å². The Morgan fingerprint density at radius 2 is 1.78 bits per heavy atom. The Morgan fingerprint density at radius 1 is 1.16 bits per heavy atom. The Morgan fingerprint density at radius 3 is 2.31 bits per heavy atom. The van der Waals surface area contributed by atoms with Crippen molar-refractivity contribution in [3.05, 3.63) is 58.1 Å². The summed E-state index contributed by atoms with van der Waals surface area (Å²) in [5, 5.41) is 3.34. The first-order valence-electron chi connectivity index (χ1n) is 8.81. The first-order valence-corrected chi connectivity index (χ1v) is 10.7. The molecule has 0 saturated carbocycles. The number of carbonyl (C=O) groups is 1. The van der Waals surface area contributed by atoms with Crippen molar-refractivity contribution in [1.82, 2.24) is 9.78 Å². The molecule has 170 valence electrons. The maximum absolute atomic E-state index is 14.2. The molecule has 0 atom stereocenters. The van der Waals surface area contributed by atoms with Crippen LogP contribution in [0, 0.1) is 5.82 Å². The molecule has 0 fully saturated rings. The van der Waals surface area contributed by atoms with Gasteiger partial charge in [0.1, 0.15) is 11.6 Å². The predicted molar refractivity (Wildman–Crippen MR) is 103 cm³/mol. The number of hydrogen-bond donors (Lipinski definition) is 0. The number of alkyl halides is 3. The monoisotopic (exact) mass is 474 g/mol. The van der Waals surface area contributed by atoms with Gasteiger partial charge in [-0.3, -0.25) is 4.79 Å². The van der Waals surface area contributed by atoms with Crippen molar-refractivity contribution < 1.29 is 40.2 Å². The number of esters is 1. The summed E-state index contributed by atoms with van der Waals surface area (Å²) in [6.07, 6.45) is -4.19. The van der Waals surface area contributed by atoms with E-state index in [1.165, 1.54) is 6.92 Å².